The van der Waals surface area contributed by atoms with E-state index >= 15 is 0 Å². The fourth-order valence-corrected chi connectivity index (χ4v) is 3.91. The van der Waals surface area contributed by atoms with Gasteiger partial charge in [0.2, 0.25) is 0 Å². The van der Waals surface area contributed by atoms with Gasteiger partial charge in [0.1, 0.15) is 11.4 Å². The molecule has 1 aliphatic rings. The number of imidazole rings is 1. The number of carbonyl (C=O) groups excluding carboxylic acids is 1. The molecule has 1 aliphatic heterocycles. The van der Waals surface area contributed by atoms with Gasteiger partial charge in [-0.2, -0.15) is 0 Å². The fraction of sp³-hybridized carbons (Fsp3) is 0.294. The molecule has 1 amide bonds. The molecule has 3 heterocycles. The van der Waals surface area contributed by atoms with Gasteiger partial charge in [0.25, 0.3) is 5.91 Å². The van der Waals surface area contributed by atoms with Crippen LogP contribution in [-0.4, -0.2) is 46.4 Å². The van der Waals surface area contributed by atoms with Crippen LogP contribution in [0, 0.1) is 0 Å². The number of nitrogens with zero attached hydrogens (tertiary/aromatic N) is 3. The van der Waals surface area contributed by atoms with Crippen LogP contribution in [0.5, 0.6) is 5.75 Å². The van der Waals surface area contributed by atoms with Gasteiger partial charge in [-0.05, 0) is 17.7 Å². The van der Waals surface area contributed by atoms with Crippen molar-refractivity contribution in [2.75, 3.05) is 20.2 Å². The number of methoxy groups -OCH3 is 1. The second kappa shape index (κ2) is 5.92. The van der Waals surface area contributed by atoms with E-state index in [0.717, 1.165) is 16.3 Å². The third-order valence-corrected chi connectivity index (χ3v) is 5.26. The molecule has 2 atom stereocenters. The Balaban J connectivity index is 1.55. The zero-order chi connectivity index (χ0) is 16.7. The average molecular weight is 342 g/mol. The molecule has 6 nitrogen and oxygen atoms in total. The maximum atomic E-state index is 12.7. The molecular weight excluding hydrogens is 324 g/mol. The maximum absolute atomic E-state index is 12.7. The summed E-state index contributed by atoms with van der Waals surface area (Å²) in [4.78, 5) is 19.7. The smallest absolute Gasteiger partial charge is 0.274 e. The fourth-order valence-electron chi connectivity index (χ4n) is 3.21. The van der Waals surface area contributed by atoms with E-state index in [1.54, 1.807) is 18.2 Å². The minimum atomic E-state index is -0.0928. The Morgan fingerprint density at radius 3 is 3.08 bits per heavy atom. The Bertz CT molecular complexity index is 859. The van der Waals surface area contributed by atoms with Crippen LogP contribution in [0.3, 0.4) is 0 Å². The van der Waals surface area contributed by atoms with Crippen molar-refractivity contribution in [1.82, 2.24) is 14.3 Å². The third-order valence-electron chi connectivity index (χ3n) is 4.49. The number of fused-ring (bicyclic) bond motifs is 1. The number of hydrogen-bond donors (Lipinski definition) is 1. The molecule has 0 aliphatic carbocycles. The van der Waals surface area contributed by atoms with Gasteiger partial charge < -0.3 is 15.4 Å². The Kier molecular flexibility index (Phi) is 3.74. The zero-order valence-corrected chi connectivity index (χ0v) is 14.1. The Morgan fingerprint density at radius 2 is 2.29 bits per heavy atom. The van der Waals surface area contributed by atoms with Crippen molar-refractivity contribution in [1.29, 1.82) is 0 Å². The highest BCUT2D eigenvalue weighted by Crippen LogP contribution is 2.29. The van der Waals surface area contributed by atoms with E-state index in [1.807, 2.05) is 40.2 Å². The lowest BCUT2D eigenvalue weighted by Crippen LogP contribution is -2.32. The molecule has 1 aromatic carbocycles. The Labute approximate surface area is 143 Å². The summed E-state index contributed by atoms with van der Waals surface area (Å²) < 4.78 is 7.15. The summed E-state index contributed by atoms with van der Waals surface area (Å²) in [6.07, 6.45) is 3.68. The number of benzene rings is 1. The molecule has 0 spiro atoms. The minimum absolute atomic E-state index is 0.0632. The van der Waals surface area contributed by atoms with Gasteiger partial charge >= 0.3 is 0 Å². The highest BCUT2D eigenvalue weighted by Gasteiger charge is 2.35. The van der Waals surface area contributed by atoms with Crippen molar-refractivity contribution in [3.63, 3.8) is 0 Å². The van der Waals surface area contributed by atoms with Gasteiger partial charge in [-0.1, -0.05) is 12.1 Å². The Hall–Kier alpha value is -2.38. The summed E-state index contributed by atoms with van der Waals surface area (Å²) in [6.45, 7) is 1.13. The molecule has 4 rings (SSSR count). The van der Waals surface area contributed by atoms with Crippen LogP contribution in [-0.2, 0) is 0 Å². The predicted molar refractivity (Wildman–Crippen MR) is 92.7 cm³/mol. The van der Waals surface area contributed by atoms with E-state index in [9.17, 15) is 4.79 Å². The molecule has 7 heteroatoms. The van der Waals surface area contributed by atoms with Gasteiger partial charge in [0.15, 0.2) is 4.96 Å². The second-order valence-electron chi connectivity index (χ2n) is 5.98. The highest BCUT2D eigenvalue weighted by molar-refractivity contribution is 7.15. The summed E-state index contributed by atoms with van der Waals surface area (Å²) in [7, 11) is 1.65. The van der Waals surface area contributed by atoms with E-state index in [4.69, 9.17) is 10.5 Å². The molecule has 124 valence electrons. The molecule has 2 N–H and O–H groups in total. The van der Waals surface area contributed by atoms with Gasteiger partial charge in [0.05, 0.1) is 7.11 Å². The SMILES string of the molecule is COc1cccc([C@H]2CN(C(=O)c3cn4ccsc4n3)C[C@@H]2N)c1. The normalized spacial score (nSPS) is 20.7. The molecule has 1 saturated heterocycles. The number of aromatic nitrogens is 2. The molecule has 0 unspecified atom stereocenters. The van der Waals surface area contributed by atoms with E-state index in [1.165, 1.54) is 11.3 Å². The van der Waals surface area contributed by atoms with Crippen molar-refractivity contribution in [2.24, 2.45) is 5.73 Å². The summed E-state index contributed by atoms with van der Waals surface area (Å²) in [6, 6.07) is 7.79. The standard InChI is InChI=1S/C17H18N4O2S/c1-23-12-4-2-3-11(7-12)13-8-21(9-14(13)18)16(22)15-10-20-5-6-24-17(20)19-15/h2-7,10,13-14H,8-9,18H2,1H3/t13-,14+/m1/s1. The number of hydrogen-bond acceptors (Lipinski definition) is 5. The van der Waals surface area contributed by atoms with Crippen molar-refractivity contribution in [2.45, 2.75) is 12.0 Å². The molecule has 24 heavy (non-hydrogen) atoms. The van der Waals surface area contributed by atoms with Crippen LogP contribution in [0.2, 0.25) is 0 Å². The molecular formula is C17H18N4O2S. The first-order valence-corrected chi connectivity index (χ1v) is 8.64. The van der Waals surface area contributed by atoms with E-state index in [-0.39, 0.29) is 17.9 Å². The summed E-state index contributed by atoms with van der Waals surface area (Å²) in [5.74, 6) is 0.846. The average Bonchev–Trinajstić information content (AvgIpc) is 3.28. The molecule has 2 aromatic heterocycles. The van der Waals surface area contributed by atoms with Gasteiger partial charge in [-0.3, -0.25) is 9.20 Å². The maximum Gasteiger partial charge on any atom is 0.274 e. The van der Waals surface area contributed by atoms with Crippen LogP contribution < -0.4 is 10.5 Å². The van der Waals surface area contributed by atoms with Crippen LogP contribution in [0.15, 0.2) is 42.0 Å². The summed E-state index contributed by atoms with van der Waals surface area (Å²) in [5, 5.41) is 1.95. The molecule has 1 fully saturated rings. The highest BCUT2D eigenvalue weighted by atomic mass is 32.1. The van der Waals surface area contributed by atoms with Gasteiger partial charge in [0, 0.05) is 42.8 Å². The third kappa shape index (κ3) is 2.55. The number of thiazole rings is 1. The first-order valence-electron chi connectivity index (χ1n) is 7.76. The lowest BCUT2D eigenvalue weighted by Gasteiger charge is -2.16. The number of rotatable bonds is 3. The molecule has 0 bridgehead atoms. The quantitative estimate of drug-likeness (QED) is 0.790. The lowest BCUT2D eigenvalue weighted by molar-refractivity contribution is 0.0784. The van der Waals surface area contributed by atoms with Crippen LogP contribution in [0.4, 0.5) is 0 Å². The van der Waals surface area contributed by atoms with Gasteiger partial charge in [-0.25, -0.2) is 4.98 Å². The van der Waals surface area contributed by atoms with Crippen LogP contribution in [0.25, 0.3) is 4.96 Å². The van der Waals surface area contributed by atoms with Crippen molar-refractivity contribution in [3.8, 4) is 5.75 Å². The first-order chi connectivity index (χ1) is 11.7. The van der Waals surface area contributed by atoms with E-state index < -0.39 is 0 Å². The lowest BCUT2D eigenvalue weighted by atomic mass is 9.95. The molecule has 0 radical (unpaired) electrons. The number of ether oxygens (including phenoxy) is 1. The largest absolute Gasteiger partial charge is 0.497 e. The number of likely N-dealkylation sites (tertiary alicyclic amines) is 1. The van der Waals surface area contributed by atoms with Crippen LogP contribution >= 0.6 is 11.3 Å². The minimum Gasteiger partial charge on any atom is -0.497 e. The number of nitrogens with two attached hydrogens (primary N) is 1. The van der Waals surface area contributed by atoms with Crippen LogP contribution in [0.1, 0.15) is 22.0 Å². The predicted octanol–water partition coefficient (Wildman–Crippen LogP) is 1.97. The molecule has 3 aromatic rings. The molecule has 0 saturated carbocycles. The van der Waals surface area contributed by atoms with Crippen molar-refractivity contribution in [3.05, 3.63) is 53.3 Å². The number of amides is 1. The van der Waals surface area contributed by atoms with Crippen molar-refractivity contribution < 1.29 is 9.53 Å². The van der Waals surface area contributed by atoms with E-state index in [0.29, 0.717) is 18.8 Å². The monoisotopic (exact) mass is 342 g/mol. The van der Waals surface area contributed by atoms with Gasteiger partial charge in [-0.15, -0.1) is 11.3 Å². The Morgan fingerprint density at radius 1 is 1.42 bits per heavy atom. The van der Waals surface area contributed by atoms with E-state index in [2.05, 4.69) is 4.98 Å². The first kappa shape index (κ1) is 15.2. The number of carbonyl (C=O) groups is 1. The second-order valence-corrected chi connectivity index (χ2v) is 6.85. The topological polar surface area (TPSA) is 72.9 Å². The summed E-state index contributed by atoms with van der Waals surface area (Å²) >= 11 is 1.51. The summed E-state index contributed by atoms with van der Waals surface area (Å²) in [5.41, 5.74) is 7.88. The van der Waals surface area contributed by atoms with Crippen molar-refractivity contribution >= 4 is 22.2 Å². The zero-order valence-electron chi connectivity index (χ0n) is 13.3.